The van der Waals surface area contributed by atoms with Crippen molar-refractivity contribution in [3.63, 3.8) is 0 Å². The van der Waals surface area contributed by atoms with Crippen LogP contribution in [0.2, 0.25) is 0 Å². The molecule has 3 rings (SSSR count). The van der Waals surface area contributed by atoms with Gasteiger partial charge in [-0.25, -0.2) is 9.59 Å². The monoisotopic (exact) mass is 305 g/mol. The highest BCUT2D eigenvalue weighted by atomic mass is 16.5. The molecule has 6 nitrogen and oxygen atoms in total. The molecule has 2 aliphatic carbocycles. The summed E-state index contributed by atoms with van der Waals surface area (Å²) in [7, 11) is 0. The van der Waals surface area contributed by atoms with Gasteiger partial charge in [-0.2, -0.15) is 0 Å². The van der Waals surface area contributed by atoms with Crippen molar-refractivity contribution in [3.05, 3.63) is 35.6 Å². The number of aliphatic hydroxyl groups is 1. The molecule has 3 atom stereocenters. The van der Waals surface area contributed by atoms with Crippen LogP contribution >= 0.6 is 0 Å². The molecule has 1 aliphatic heterocycles. The number of carbonyl (C=O) groups is 2. The maximum absolute atomic E-state index is 12.4. The normalized spacial score (nSPS) is 34.4. The van der Waals surface area contributed by atoms with Crippen molar-refractivity contribution in [2.24, 2.45) is 10.8 Å². The largest absolute Gasteiger partial charge is 0.463 e. The molecule has 3 aliphatic rings. The minimum Gasteiger partial charge on any atom is -0.463 e. The first-order valence-electron chi connectivity index (χ1n) is 7.43. The van der Waals surface area contributed by atoms with Crippen molar-refractivity contribution in [2.75, 3.05) is 13.2 Å². The van der Waals surface area contributed by atoms with Crippen molar-refractivity contribution in [1.82, 2.24) is 5.32 Å². The van der Waals surface area contributed by atoms with Gasteiger partial charge in [0.05, 0.1) is 18.8 Å². The quantitative estimate of drug-likeness (QED) is 0.747. The van der Waals surface area contributed by atoms with Gasteiger partial charge in [-0.05, 0) is 20.3 Å². The van der Waals surface area contributed by atoms with Crippen LogP contribution in [0.3, 0.4) is 0 Å². The first-order valence-corrected chi connectivity index (χ1v) is 7.43. The maximum Gasteiger partial charge on any atom is 0.355 e. The number of aliphatic hydroxyl groups excluding tert-OH is 1. The Labute approximate surface area is 128 Å². The van der Waals surface area contributed by atoms with Gasteiger partial charge in [-0.1, -0.05) is 24.3 Å². The summed E-state index contributed by atoms with van der Waals surface area (Å²) in [6, 6.07) is 0. The highest BCUT2D eigenvalue weighted by molar-refractivity contribution is 6.03. The Kier molecular flexibility index (Phi) is 3.36. The zero-order valence-electron chi connectivity index (χ0n) is 12.6. The van der Waals surface area contributed by atoms with Gasteiger partial charge in [-0.3, -0.25) is 0 Å². The zero-order valence-corrected chi connectivity index (χ0v) is 12.6. The molecule has 2 N–H and O–H groups in total. The number of hydrogen-bond donors (Lipinski definition) is 2. The SMILES string of the molecule is CCOC(=O)C1=C(C(=O)OCC)C23C=CC=CC2(C3)C(O)N1. The minimum atomic E-state index is -0.953. The average molecular weight is 305 g/mol. The molecule has 0 spiro atoms. The lowest BCUT2D eigenvalue weighted by Crippen LogP contribution is -2.48. The molecule has 0 aromatic rings. The molecule has 6 heteroatoms. The summed E-state index contributed by atoms with van der Waals surface area (Å²) in [4.78, 5) is 24.6. The molecule has 118 valence electrons. The van der Waals surface area contributed by atoms with Crippen LogP contribution in [0.4, 0.5) is 0 Å². The van der Waals surface area contributed by atoms with Gasteiger partial charge in [0.1, 0.15) is 11.9 Å². The van der Waals surface area contributed by atoms with Crippen LogP contribution in [-0.2, 0) is 19.1 Å². The molecule has 0 bridgehead atoms. The van der Waals surface area contributed by atoms with Crippen LogP contribution in [0.25, 0.3) is 0 Å². The van der Waals surface area contributed by atoms with Gasteiger partial charge in [0.25, 0.3) is 0 Å². The molecule has 3 unspecified atom stereocenters. The summed E-state index contributed by atoms with van der Waals surface area (Å²) in [5.41, 5.74) is -1.04. The summed E-state index contributed by atoms with van der Waals surface area (Å²) in [6.07, 6.45) is 7.01. The molecular weight excluding hydrogens is 286 g/mol. The van der Waals surface area contributed by atoms with Crippen molar-refractivity contribution < 1.29 is 24.2 Å². The van der Waals surface area contributed by atoms with E-state index in [2.05, 4.69) is 5.32 Å². The van der Waals surface area contributed by atoms with E-state index < -0.39 is 29.0 Å². The van der Waals surface area contributed by atoms with E-state index >= 15 is 0 Å². The second-order valence-electron chi connectivity index (χ2n) is 5.64. The number of hydrogen-bond acceptors (Lipinski definition) is 6. The van der Waals surface area contributed by atoms with E-state index in [1.165, 1.54) is 0 Å². The topological polar surface area (TPSA) is 84.9 Å². The van der Waals surface area contributed by atoms with E-state index in [0.29, 0.717) is 6.42 Å². The van der Waals surface area contributed by atoms with Gasteiger partial charge in [-0.15, -0.1) is 0 Å². The van der Waals surface area contributed by atoms with Gasteiger partial charge in [0.15, 0.2) is 0 Å². The third-order valence-corrected chi connectivity index (χ3v) is 4.59. The molecule has 1 fully saturated rings. The van der Waals surface area contributed by atoms with Crippen molar-refractivity contribution in [3.8, 4) is 0 Å². The Hall–Kier alpha value is -2.08. The average Bonchev–Trinajstić information content (AvgIpc) is 3.19. The third kappa shape index (κ3) is 1.76. The van der Waals surface area contributed by atoms with Crippen LogP contribution in [0, 0.1) is 10.8 Å². The van der Waals surface area contributed by atoms with Crippen LogP contribution in [0.15, 0.2) is 35.6 Å². The van der Waals surface area contributed by atoms with E-state index in [9.17, 15) is 14.7 Å². The minimum absolute atomic E-state index is 0.000810. The Morgan fingerprint density at radius 1 is 1.23 bits per heavy atom. The number of rotatable bonds is 4. The Morgan fingerprint density at radius 2 is 1.86 bits per heavy atom. The second kappa shape index (κ2) is 4.98. The molecule has 0 radical (unpaired) electrons. The number of allylic oxidation sites excluding steroid dienone is 3. The van der Waals surface area contributed by atoms with E-state index in [0.717, 1.165) is 0 Å². The van der Waals surface area contributed by atoms with E-state index in [1.54, 1.807) is 13.8 Å². The molecule has 0 aromatic heterocycles. The van der Waals surface area contributed by atoms with Gasteiger partial charge in [0.2, 0.25) is 0 Å². The zero-order chi connectivity index (χ0) is 16.0. The fourth-order valence-corrected chi connectivity index (χ4v) is 3.53. The first kappa shape index (κ1) is 14.8. The molecule has 0 aromatic carbocycles. The van der Waals surface area contributed by atoms with Crippen LogP contribution < -0.4 is 5.32 Å². The highest BCUT2D eigenvalue weighted by Gasteiger charge is 2.75. The summed E-state index contributed by atoms with van der Waals surface area (Å²) in [6.45, 7) is 3.79. The van der Waals surface area contributed by atoms with Crippen molar-refractivity contribution >= 4 is 11.9 Å². The van der Waals surface area contributed by atoms with Crippen LogP contribution in [-0.4, -0.2) is 36.5 Å². The predicted octanol–water partition coefficient (Wildman–Crippen LogP) is 0.791. The number of nitrogens with one attached hydrogen (secondary N) is 1. The Balaban J connectivity index is 2.11. The summed E-state index contributed by atoms with van der Waals surface area (Å²) < 4.78 is 10.1. The van der Waals surface area contributed by atoms with Crippen molar-refractivity contribution in [1.29, 1.82) is 0 Å². The lowest BCUT2D eigenvalue weighted by atomic mass is 9.78. The van der Waals surface area contributed by atoms with Crippen LogP contribution in [0.5, 0.6) is 0 Å². The first-order chi connectivity index (χ1) is 10.5. The molecule has 0 saturated heterocycles. The number of ether oxygens (including phenoxy) is 2. The third-order valence-electron chi connectivity index (χ3n) is 4.59. The van der Waals surface area contributed by atoms with Crippen molar-refractivity contribution in [2.45, 2.75) is 26.5 Å². The van der Waals surface area contributed by atoms with Crippen LogP contribution in [0.1, 0.15) is 20.3 Å². The summed E-state index contributed by atoms with van der Waals surface area (Å²) >= 11 is 0. The standard InChI is InChI=1S/C16H19NO5/c1-3-21-12(18)10-11(13(19)22-4-2)17-14(20)16-8-6-5-7-15(10,16)9-16/h5-8,14,17,20H,3-4,9H2,1-2H3. The Morgan fingerprint density at radius 3 is 2.55 bits per heavy atom. The molecule has 22 heavy (non-hydrogen) atoms. The van der Waals surface area contributed by atoms with E-state index in [4.69, 9.17) is 9.47 Å². The molecular formula is C16H19NO5. The lowest BCUT2D eigenvalue weighted by molar-refractivity contribution is -0.144. The second-order valence-corrected chi connectivity index (χ2v) is 5.64. The van der Waals surface area contributed by atoms with Gasteiger partial charge >= 0.3 is 11.9 Å². The predicted molar refractivity (Wildman–Crippen MR) is 77.2 cm³/mol. The van der Waals surface area contributed by atoms with Gasteiger partial charge < -0.3 is 19.9 Å². The highest BCUT2D eigenvalue weighted by Crippen LogP contribution is 2.74. The lowest BCUT2D eigenvalue weighted by Gasteiger charge is -2.35. The van der Waals surface area contributed by atoms with E-state index in [1.807, 2.05) is 24.3 Å². The molecule has 1 saturated carbocycles. The number of esters is 2. The summed E-state index contributed by atoms with van der Waals surface area (Å²) in [5.74, 6) is -1.20. The smallest absolute Gasteiger partial charge is 0.355 e. The molecule has 0 amide bonds. The van der Waals surface area contributed by atoms with Gasteiger partial charge in [0, 0.05) is 10.8 Å². The summed E-state index contributed by atoms with van der Waals surface area (Å²) in [5, 5.41) is 13.2. The van der Waals surface area contributed by atoms with E-state index in [-0.39, 0.29) is 24.5 Å². The molecule has 1 heterocycles. The fourth-order valence-electron chi connectivity index (χ4n) is 3.53. The maximum atomic E-state index is 12.4. The fraction of sp³-hybridized carbons (Fsp3) is 0.500. The number of carbonyl (C=O) groups excluding carboxylic acids is 2. The Bertz CT molecular complexity index is 620.